The molecule has 0 bridgehead atoms. The number of ether oxygens (including phenoxy) is 1. The molecule has 1 aromatic heterocycles. The first-order valence-corrected chi connectivity index (χ1v) is 18.7. The van der Waals surface area contributed by atoms with E-state index in [0.29, 0.717) is 46.9 Å². The number of aromatic nitrogens is 2. The average Bonchev–Trinajstić information content (AvgIpc) is 3.85. The van der Waals surface area contributed by atoms with Crippen molar-refractivity contribution in [1.82, 2.24) is 29.0 Å². The monoisotopic (exact) mass is 731 g/mol. The number of phenols is 1. The van der Waals surface area contributed by atoms with Crippen molar-refractivity contribution < 1.29 is 28.6 Å². The van der Waals surface area contributed by atoms with Gasteiger partial charge in [-0.25, -0.2) is 9.18 Å². The Morgan fingerprint density at radius 3 is 2.48 bits per heavy atom. The van der Waals surface area contributed by atoms with Crippen LogP contribution in [-0.4, -0.2) is 94.2 Å². The molecule has 3 amide bonds. The molecule has 15 heteroatoms. The van der Waals surface area contributed by atoms with Crippen LogP contribution in [0.5, 0.6) is 11.5 Å². The first-order valence-electron chi connectivity index (χ1n) is 17.9. The number of phenolic OH excluding ortho intramolecular Hbond substituents is 1. The molecule has 0 radical (unpaired) electrons. The highest BCUT2D eigenvalue weighted by atomic mass is 32.2. The number of aryl methyl sites for hydroxylation is 1. The highest BCUT2D eigenvalue weighted by Crippen LogP contribution is 2.40. The summed E-state index contributed by atoms with van der Waals surface area (Å²) in [6, 6.07) is 12.2. The minimum Gasteiger partial charge on any atom is -0.506 e. The van der Waals surface area contributed by atoms with E-state index < -0.39 is 17.8 Å². The van der Waals surface area contributed by atoms with Crippen LogP contribution in [0.4, 0.5) is 10.1 Å². The van der Waals surface area contributed by atoms with Crippen LogP contribution >= 0.6 is 12.1 Å². The molecular formula is C37H42FN7O6S. The highest BCUT2D eigenvalue weighted by molar-refractivity contribution is 7.99. The van der Waals surface area contributed by atoms with E-state index in [-0.39, 0.29) is 41.9 Å². The normalized spacial score (nSPS) is 22.1. The number of benzene rings is 3. The van der Waals surface area contributed by atoms with Crippen LogP contribution in [0, 0.1) is 11.7 Å². The van der Waals surface area contributed by atoms with Gasteiger partial charge in [0.05, 0.1) is 29.8 Å². The summed E-state index contributed by atoms with van der Waals surface area (Å²) in [5, 5.41) is 13.7. The lowest BCUT2D eigenvalue weighted by atomic mass is 9.89. The number of rotatable bonds is 9. The number of hydrogen-bond acceptors (Lipinski definition) is 10. The van der Waals surface area contributed by atoms with Gasteiger partial charge < -0.3 is 19.6 Å². The Morgan fingerprint density at radius 1 is 0.923 bits per heavy atom. The van der Waals surface area contributed by atoms with Crippen LogP contribution < -0.4 is 24.8 Å². The molecule has 3 aromatic carbocycles. The molecule has 0 spiro atoms. The van der Waals surface area contributed by atoms with E-state index in [1.807, 2.05) is 6.07 Å². The molecule has 274 valence electrons. The fourth-order valence-corrected chi connectivity index (χ4v) is 8.89. The molecule has 3 N–H and O–H groups in total. The molecule has 8 rings (SSSR count). The third-order valence-electron chi connectivity index (χ3n) is 11.1. The Bertz CT molecular complexity index is 2130. The molecule has 1 unspecified atom stereocenters. The first kappa shape index (κ1) is 34.5. The first-order chi connectivity index (χ1) is 25.1. The van der Waals surface area contributed by atoms with Gasteiger partial charge in [-0.2, -0.15) is 0 Å². The lowest BCUT2D eigenvalue weighted by molar-refractivity contribution is -0.135. The van der Waals surface area contributed by atoms with Crippen LogP contribution in [0.1, 0.15) is 49.6 Å². The van der Waals surface area contributed by atoms with E-state index in [4.69, 9.17) is 4.74 Å². The van der Waals surface area contributed by atoms with Crippen molar-refractivity contribution in [2.75, 3.05) is 56.7 Å². The number of fused-ring (bicyclic) bond motifs is 2. The molecule has 52 heavy (non-hydrogen) atoms. The van der Waals surface area contributed by atoms with Gasteiger partial charge in [0.15, 0.2) is 5.82 Å². The minimum absolute atomic E-state index is 0.0162. The van der Waals surface area contributed by atoms with E-state index in [9.17, 15) is 24.3 Å². The molecule has 13 nitrogen and oxygen atoms in total. The van der Waals surface area contributed by atoms with Gasteiger partial charge in [0.1, 0.15) is 29.8 Å². The average molecular weight is 732 g/mol. The van der Waals surface area contributed by atoms with Crippen LogP contribution in [0.2, 0.25) is 0 Å². The number of halogens is 1. The summed E-state index contributed by atoms with van der Waals surface area (Å²) in [7, 11) is 1.74. The molecule has 4 aliphatic heterocycles. The van der Waals surface area contributed by atoms with Crippen LogP contribution in [-0.2, 0) is 21.4 Å². The van der Waals surface area contributed by atoms with E-state index >= 15 is 4.39 Å². The number of anilines is 1. The molecule has 4 aromatic rings. The van der Waals surface area contributed by atoms with Crippen molar-refractivity contribution in [1.29, 1.82) is 0 Å². The van der Waals surface area contributed by atoms with Gasteiger partial charge in [-0.3, -0.25) is 37.9 Å². The van der Waals surface area contributed by atoms with Gasteiger partial charge >= 0.3 is 5.69 Å². The summed E-state index contributed by atoms with van der Waals surface area (Å²) in [5.74, 6) is -0.445. The molecule has 4 fully saturated rings. The van der Waals surface area contributed by atoms with Crippen molar-refractivity contribution in [2.24, 2.45) is 13.0 Å². The maximum atomic E-state index is 15.5. The predicted octanol–water partition coefficient (Wildman–Crippen LogP) is 3.40. The van der Waals surface area contributed by atoms with Crippen LogP contribution in [0.3, 0.4) is 0 Å². The number of carbonyl (C=O) groups is 3. The highest BCUT2D eigenvalue weighted by Gasteiger charge is 2.32. The summed E-state index contributed by atoms with van der Waals surface area (Å²) < 4.78 is 28.8. The Hall–Kier alpha value is -4.60. The van der Waals surface area contributed by atoms with Gasteiger partial charge in [-0.1, -0.05) is 12.1 Å². The van der Waals surface area contributed by atoms with Crippen molar-refractivity contribution >= 4 is 57.3 Å². The number of nitrogens with one attached hydrogen (secondary N) is 2. The van der Waals surface area contributed by atoms with E-state index in [1.165, 1.54) is 20.5 Å². The van der Waals surface area contributed by atoms with Gasteiger partial charge in [0, 0.05) is 44.4 Å². The van der Waals surface area contributed by atoms with Crippen molar-refractivity contribution in [3.8, 4) is 11.5 Å². The smallest absolute Gasteiger partial charge is 0.329 e. The van der Waals surface area contributed by atoms with E-state index in [1.54, 1.807) is 29.8 Å². The van der Waals surface area contributed by atoms with Gasteiger partial charge in [-0.15, -0.1) is 0 Å². The molecule has 0 saturated carbocycles. The number of hydrogen-bond donors (Lipinski definition) is 3. The molecular weight excluding hydrogens is 690 g/mol. The lowest BCUT2D eigenvalue weighted by Gasteiger charge is -2.33. The van der Waals surface area contributed by atoms with E-state index in [2.05, 4.69) is 32.0 Å². The third kappa shape index (κ3) is 6.61. The van der Waals surface area contributed by atoms with Crippen molar-refractivity contribution in [2.45, 2.75) is 44.1 Å². The summed E-state index contributed by atoms with van der Waals surface area (Å²) in [6.45, 7) is 6.44. The summed E-state index contributed by atoms with van der Waals surface area (Å²) in [5.41, 5.74) is 2.46. The largest absolute Gasteiger partial charge is 0.506 e. The number of carbonyl (C=O) groups excluding carboxylic acids is 3. The second-order valence-electron chi connectivity index (χ2n) is 14.4. The zero-order chi connectivity index (χ0) is 36.1. The summed E-state index contributed by atoms with van der Waals surface area (Å²) in [6.07, 6.45) is 3.63. The zero-order valence-electron chi connectivity index (χ0n) is 29.0. The SMILES string of the molecule is Cn1c(=O)n(C2CCC(=O)NC2=O)c2ccc(C3CCN(CCN4CC[C@H](COc5ccc6cc(O)c(N7CC(=O)NS7)c(F)c6c5)C4)CC3)cc21. The summed E-state index contributed by atoms with van der Waals surface area (Å²) >= 11 is 0.958. The topological polar surface area (TPSA) is 141 Å². The maximum absolute atomic E-state index is 15.5. The summed E-state index contributed by atoms with van der Waals surface area (Å²) in [4.78, 5) is 54.1. The number of imidazole rings is 1. The van der Waals surface area contributed by atoms with E-state index in [0.717, 1.165) is 76.2 Å². The minimum atomic E-state index is -0.685. The Labute approximate surface area is 303 Å². The van der Waals surface area contributed by atoms with Crippen LogP contribution in [0.15, 0.2) is 47.3 Å². The maximum Gasteiger partial charge on any atom is 0.329 e. The lowest BCUT2D eigenvalue weighted by Crippen LogP contribution is -2.44. The van der Waals surface area contributed by atoms with Gasteiger partial charge in [0.2, 0.25) is 11.8 Å². The standard InChI is InChI=1S/C37H42FN7O6S/c1-41-30-16-24(3-5-28(30)45(37(41)50)29-6-7-32(47)39-36(29)49)23-9-12-42(13-10-23)14-15-43-11-8-22(19-43)21-51-26-4-2-25-17-31(46)35(34(38)27(25)18-26)44-20-33(48)40-52-44/h2-5,16-18,22-23,29,46H,6-15,19-21H2,1H3,(H,40,48)(H,39,47,49)/t22-,29?/m0/s1. The number of nitrogens with zero attached hydrogens (tertiary/aromatic N) is 5. The predicted molar refractivity (Wildman–Crippen MR) is 196 cm³/mol. The molecule has 2 atom stereocenters. The quantitative estimate of drug-likeness (QED) is 0.173. The van der Waals surface area contributed by atoms with Crippen LogP contribution in [0.25, 0.3) is 21.8 Å². The molecule has 0 aliphatic carbocycles. The second kappa shape index (κ2) is 14.1. The third-order valence-corrected chi connectivity index (χ3v) is 11.9. The Morgan fingerprint density at radius 2 is 1.71 bits per heavy atom. The molecule has 4 saturated heterocycles. The number of imide groups is 1. The number of amides is 3. The number of piperidine rings is 2. The number of aromatic hydroxyl groups is 1. The van der Waals surface area contributed by atoms with Crippen molar-refractivity contribution in [3.63, 3.8) is 0 Å². The van der Waals surface area contributed by atoms with Crippen molar-refractivity contribution in [3.05, 3.63) is 64.3 Å². The zero-order valence-corrected chi connectivity index (χ0v) is 29.8. The van der Waals surface area contributed by atoms with Gasteiger partial charge in [-0.05, 0) is 92.5 Å². The Balaban J connectivity index is 0.819. The second-order valence-corrected chi connectivity index (χ2v) is 15.2. The molecule has 4 aliphatic rings. The van der Waals surface area contributed by atoms with Gasteiger partial charge in [0.25, 0.3) is 5.91 Å². The fourth-order valence-electron chi connectivity index (χ4n) is 8.16. The number of likely N-dealkylation sites (tertiary alicyclic amines) is 2. The Kier molecular flexibility index (Phi) is 9.34. The fraction of sp³-hybridized carbons (Fsp3) is 0.459. The molecule has 5 heterocycles.